The van der Waals surface area contributed by atoms with Gasteiger partial charge in [-0.15, -0.1) is 0 Å². The molecule has 2 aromatic rings. The van der Waals surface area contributed by atoms with E-state index in [-0.39, 0.29) is 38.1 Å². The van der Waals surface area contributed by atoms with Crippen molar-refractivity contribution in [3.8, 4) is 11.1 Å². The lowest BCUT2D eigenvalue weighted by Crippen LogP contribution is -2.55. The molecule has 226 valence electrons. The predicted octanol–water partition coefficient (Wildman–Crippen LogP) is 1.66. The highest BCUT2D eigenvalue weighted by molar-refractivity contribution is 5.91. The molecule has 0 aromatic heterocycles. The zero-order valence-corrected chi connectivity index (χ0v) is 23.6. The highest BCUT2D eigenvalue weighted by atomic mass is 16.5. The molecule has 1 aliphatic rings. The number of benzene rings is 2. The Kier molecular flexibility index (Phi) is 11.7. The summed E-state index contributed by atoms with van der Waals surface area (Å²) in [6.45, 7) is 2.71. The fourth-order valence-corrected chi connectivity index (χ4v) is 4.73. The van der Waals surface area contributed by atoms with Crippen molar-refractivity contribution in [3.05, 3.63) is 59.7 Å². The SMILES string of the molecule is CC(C)[C@H](NC(=O)OCC1c2ccccc2-c2ccccc21)C(=O)N[C@@H](CCCNC(N)=O)C(=O)NCOCC(=O)O. The average molecular weight is 584 g/mol. The van der Waals surface area contributed by atoms with Gasteiger partial charge in [0.25, 0.3) is 0 Å². The minimum atomic E-state index is -1.20. The van der Waals surface area contributed by atoms with E-state index in [0.29, 0.717) is 6.42 Å². The molecule has 2 aromatic carbocycles. The van der Waals surface area contributed by atoms with Crippen LogP contribution >= 0.6 is 0 Å². The smallest absolute Gasteiger partial charge is 0.407 e. The summed E-state index contributed by atoms with van der Waals surface area (Å²) >= 11 is 0. The fourth-order valence-electron chi connectivity index (χ4n) is 4.73. The van der Waals surface area contributed by atoms with Crippen molar-refractivity contribution in [2.75, 3.05) is 26.5 Å². The molecule has 42 heavy (non-hydrogen) atoms. The number of urea groups is 1. The predicted molar refractivity (Wildman–Crippen MR) is 152 cm³/mol. The van der Waals surface area contributed by atoms with Crippen molar-refractivity contribution in [3.63, 3.8) is 0 Å². The molecule has 0 bridgehead atoms. The topological polar surface area (TPSA) is 198 Å². The molecule has 0 aliphatic heterocycles. The number of carbonyl (C=O) groups excluding carboxylic acids is 4. The molecule has 7 N–H and O–H groups in total. The van der Waals surface area contributed by atoms with E-state index in [1.807, 2.05) is 48.5 Å². The van der Waals surface area contributed by atoms with E-state index in [2.05, 4.69) is 21.3 Å². The van der Waals surface area contributed by atoms with Crippen LogP contribution < -0.4 is 27.0 Å². The second-order valence-corrected chi connectivity index (χ2v) is 10.1. The summed E-state index contributed by atoms with van der Waals surface area (Å²) in [5.41, 5.74) is 9.35. The number of aliphatic carboxylic acids is 1. The summed E-state index contributed by atoms with van der Waals surface area (Å²) in [7, 11) is 0. The maximum absolute atomic E-state index is 13.2. The first-order valence-corrected chi connectivity index (χ1v) is 13.6. The maximum atomic E-state index is 13.2. The molecule has 13 heteroatoms. The molecule has 1 aliphatic carbocycles. The Morgan fingerprint density at radius 1 is 0.905 bits per heavy atom. The van der Waals surface area contributed by atoms with Crippen molar-refractivity contribution >= 4 is 29.9 Å². The standard InChI is InChI=1S/C29H37N5O8/c1-17(2)25(27(38)33-23(12-7-13-31-28(30)39)26(37)32-16-41-15-24(35)36)34-29(40)42-14-22-20-10-5-3-8-18(20)19-9-4-6-11-21(19)22/h3-6,8-11,17,22-23,25H,7,12-16H2,1-2H3,(H,32,37)(H,33,38)(H,34,40)(H,35,36)(H3,30,31,39)/t23-,25-/m0/s1. The zero-order valence-electron chi connectivity index (χ0n) is 23.6. The van der Waals surface area contributed by atoms with Crippen LogP contribution in [0.3, 0.4) is 0 Å². The number of nitrogens with two attached hydrogens (primary N) is 1. The fraction of sp³-hybridized carbons (Fsp3) is 0.414. The number of ether oxygens (including phenoxy) is 2. The summed E-state index contributed by atoms with van der Waals surface area (Å²) in [5.74, 6) is -2.96. The van der Waals surface area contributed by atoms with E-state index in [0.717, 1.165) is 22.3 Å². The van der Waals surface area contributed by atoms with E-state index in [1.165, 1.54) is 0 Å². The molecule has 3 rings (SSSR count). The molecule has 13 nitrogen and oxygen atoms in total. The van der Waals surface area contributed by atoms with Gasteiger partial charge < -0.3 is 41.6 Å². The number of hydrogen-bond acceptors (Lipinski definition) is 7. The van der Waals surface area contributed by atoms with Crippen LogP contribution in [0.2, 0.25) is 0 Å². The molecule has 0 saturated heterocycles. The Morgan fingerprint density at radius 3 is 2.10 bits per heavy atom. The summed E-state index contributed by atoms with van der Waals surface area (Å²) in [6.07, 6.45) is -0.366. The number of carboxylic acid groups (broad SMARTS) is 1. The van der Waals surface area contributed by atoms with Crippen LogP contribution in [0.25, 0.3) is 11.1 Å². The van der Waals surface area contributed by atoms with Gasteiger partial charge in [-0.2, -0.15) is 0 Å². The normalized spacial score (nSPS) is 13.3. The van der Waals surface area contributed by atoms with Crippen molar-refractivity contribution in [1.29, 1.82) is 0 Å². The zero-order chi connectivity index (χ0) is 30.6. The van der Waals surface area contributed by atoms with Crippen LogP contribution in [-0.2, 0) is 23.9 Å². The molecule has 0 saturated carbocycles. The molecular weight excluding hydrogens is 546 g/mol. The lowest BCUT2D eigenvalue weighted by atomic mass is 9.98. The van der Waals surface area contributed by atoms with Gasteiger partial charge in [0.15, 0.2) is 0 Å². The third-order valence-corrected chi connectivity index (χ3v) is 6.74. The van der Waals surface area contributed by atoms with E-state index >= 15 is 0 Å². The Bertz CT molecular complexity index is 1240. The van der Waals surface area contributed by atoms with E-state index in [4.69, 9.17) is 20.3 Å². The molecular formula is C29H37N5O8. The first kappa shape index (κ1) is 31.9. The summed E-state index contributed by atoms with van der Waals surface area (Å²) in [6, 6.07) is 13.0. The van der Waals surface area contributed by atoms with Gasteiger partial charge >= 0.3 is 18.1 Å². The molecule has 5 amide bonds. The Balaban J connectivity index is 1.61. The van der Waals surface area contributed by atoms with Crippen LogP contribution in [0, 0.1) is 5.92 Å². The number of nitrogens with one attached hydrogen (secondary N) is 4. The molecule has 2 atom stereocenters. The van der Waals surface area contributed by atoms with Crippen molar-refractivity contribution in [2.24, 2.45) is 11.7 Å². The van der Waals surface area contributed by atoms with Gasteiger partial charge in [0, 0.05) is 12.5 Å². The summed E-state index contributed by atoms with van der Waals surface area (Å²) < 4.78 is 10.4. The maximum Gasteiger partial charge on any atom is 0.407 e. The number of alkyl carbamates (subject to hydrolysis) is 1. The average Bonchev–Trinajstić information content (AvgIpc) is 3.27. The number of hydrogen-bond donors (Lipinski definition) is 6. The number of carbonyl (C=O) groups is 5. The third kappa shape index (κ3) is 8.93. The van der Waals surface area contributed by atoms with Gasteiger partial charge in [0.1, 0.15) is 32.0 Å². The quantitative estimate of drug-likeness (QED) is 0.134. The molecule has 0 heterocycles. The van der Waals surface area contributed by atoms with Crippen LogP contribution in [0.5, 0.6) is 0 Å². The van der Waals surface area contributed by atoms with E-state index < -0.39 is 48.6 Å². The largest absolute Gasteiger partial charge is 0.480 e. The van der Waals surface area contributed by atoms with Gasteiger partial charge in [-0.1, -0.05) is 62.4 Å². The first-order chi connectivity index (χ1) is 20.1. The van der Waals surface area contributed by atoms with Crippen molar-refractivity contribution in [2.45, 2.75) is 44.7 Å². The highest BCUT2D eigenvalue weighted by Crippen LogP contribution is 2.44. The number of amides is 5. The second-order valence-electron chi connectivity index (χ2n) is 10.1. The van der Waals surface area contributed by atoms with Gasteiger partial charge in [0.05, 0.1) is 0 Å². The van der Waals surface area contributed by atoms with Gasteiger partial charge in [-0.3, -0.25) is 9.59 Å². The molecule has 0 unspecified atom stereocenters. The Hall–Kier alpha value is -4.65. The van der Waals surface area contributed by atoms with Crippen molar-refractivity contribution < 1.29 is 38.6 Å². The lowest BCUT2D eigenvalue weighted by Gasteiger charge is -2.25. The monoisotopic (exact) mass is 583 g/mol. The Labute approximate surface area is 243 Å². The summed E-state index contributed by atoms with van der Waals surface area (Å²) in [5, 5.41) is 18.7. The first-order valence-electron chi connectivity index (χ1n) is 13.6. The Morgan fingerprint density at radius 2 is 1.52 bits per heavy atom. The van der Waals surface area contributed by atoms with E-state index in [1.54, 1.807) is 13.8 Å². The van der Waals surface area contributed by atoms with Gasteiger partial charge in [0.2, 0.25) is 11.8 Å². The van der Waals surface area contributed by atoms with Crippen LogP contribution in [0.1, 0.15) is 43.7 Å². The number of carboxylic acids is 1. The van der Waals surface area contributed by atoms with Crippen LogP contribution in [-0.4, -0.2) is 73.6 Å². The van der Waals surface area contributed by atoms with Crippen LogP contribution in [0.15, 0.2) is 48.5 Å². The number of primary amides is 1. The van der Waals surface area contributed by atoms with Crippen molar-refractivity contribution in [1.82, 2.24) is 21.3 Å². The third-order valence-electron chi connectivity index (χ3n) is 6.74. The minimum absolute atomic E-state index is 0.0700. The van der Waals surface area contributed by atoms with E-state index in [9.17, 15) is 24.0 Å². The summed E-state index contributed by atoms with van der Waals surface area (Å²) in [4.78, 5) is 60.4. The lowest BCUT2D eigenvalue weighted by molar-refractivity contribution is -0.143. The number of rotatable bonds is 15. The molecule has 0 fully saturated rings. The minimum Gasteiger partial charge on any atom is -0.480 e. The van der Waals surface area contributed by atoms with Gasteiger partial charge in [-0.25, -0.2) is 14.4 Å². The second kappa shape index (κ2) is 15.4. The molecule has 0 spiro atoms. The molecule has 0 radical (unpaired) electrons. The van der Waals surface area contributed by atoms with Gasteiger partial charge in [-0.05, 0) is 41.0 Å². The van der Waals surface area contributed by atoms with Crippen LogP contribution in [0.4, 0.5) is 9.59 Å². The highest BCUT2D eigenvalue weighted by Gasteiger charge is 2.31. The number of fused-ring (bicyclic) bond motifs is 3.